The van der Waals surface area contributed by atoms with E-state index in [0.29, 0.717) is 40.1 Å². The van der Waals surface area contributed by atoms with Crippen molar-refractivity contribution in [1.29, 1.82) is 0 Å². The molecule has 3 aromatic rings. The van der Waals surface area contributed by atoms with Gasteiger partial charge < -0.3 is 23.7 Å². The highest BCUT2D eigenvalue weighted by molar-refractivity contribution is 7.99. The lowest BCUT2D eigenvalue weighted by molar-refractivity contribution is -0.108. The van der Waals surface area contributed by atoms with Gasteiger partial charge in [-0.05, 0) is 43.4 Å². The second kappa shape index (κ2) is 9.79. The molecule has 0 bridgehead atoms. The van der Waals surface area contributed by atoms with Crippen molar-refractivity contribution in [2.24, 2.45) is 0 Å². The van der Waals surface area contributed by atoms with Crippen molar-refractivity contribution in [3.05, 3.63) is 39.5 Å². The Kier molecular flexibility index (Phi) is 7.05. The average Bonchev–Trinajstić information content (AvgIpc) is 2.77. The number of nitrogens with zero attached hydrogens (tertiary/aromatic N) is 3. The Morgan fingerprint density at radius 2 is 2.00 bits per heavy atom. The monoisotopic (exact) mass is 475 g/mol. The van der Waals surface area contributed by atoms with E-state index in [1.54, 1.807) is 37.0 Å². The first-order chi connectivity index (χ1) is 15.5. The van der Waals surface area contributed by atoms with E-state index in [1.165, 1.54) is 11.8 Å². The van der Waals surface area contributed by atoms with Crippen LogP contribution in [0.3, 0.4) is 0 Å². The normalized spacial score (nSPS) is 18.1. The maximum atomic E-state index is 13.3. The van der Waals surface area contributed by atoms with E-state index >= 15 is 0 Å². The summed E-state index contributed by atoms with van der Waals surface area (Å²) in [6, 6.07) is 7.41. The van der Waals surface area contributed by atoms with Gasteiger partial charge in [0.25, 0.3) is 0 Å². The minimum atomic E-state index is -0.116. The quantitative estimate of drug-likeness (QED) is 0.265. The van der Waals surface area contributed by atoms with E-state index in [-0.39, 0.29) is 24.1 Å². The minimum Gasteiger partial charge on any atom is -0.383 e. The van der Waals surface area contributed by atoms with Crippen LogP contribution in [0.15, 0.2) is 34.0 Å². The zero-order valence-corrected chi connectivity index (χ0v) is 19.9. The first-order valence-electron chi connectivity index (χ1n) is 10.5. The third kappa shape index (κ3) is 4.01. The lowest BCUT2D eigenvalue weighted by atomic mass is 9.87. The second-order valence-corrected chi connectivity index (χ2v) is 9.02. The first-order valence-corrected chi connectivity index (χ1v) is 12.1. The highest BCUT2D eigenvalue weighted by Crippen LogP contribution is 2.35. The number of fused-ring (bicyclic) bond motifs is 2. The van der Waals surface area contributed by atoms with Crippen LogP contribution >= 0.6 is 23.4 Å². The van der Waals surface area contributed by atoms with Gasteiger partial charge in [0.15, 0.2) is 5.43 Å². The van der Waals surface area contributed by atoms with Gasteiger partial charge in [0.1, 0.15) is 17.8 Å². The summed E-state index contributed by atoms with van der Waals surface area (Å²) >= 11 is 7.88. The molecule has 0 spiro atoms. The summed E-state index contributed by atoms with van der Waals surface area (Å²) in [7, 11) is 3.40. The number of thioether (sulfide) groups is 1. The summed E-state index contributed by atoms with van der Waals surface area (Å²) < 4.78 is 12.6. The summed E-state index contributed by atoms with van der Waals surface area (Å²) in [6.07, 6.45) is 4.78. The van der Waals surface area contributed by atoms with E-state index in [0.717, 1.165) is 29.8 Å². The average molecular weight is 476 g/mol. The summed E-state index contributed by atoms with van der Waals surface area (Å²) in [5, 5.41) is 1.55. The molecule has 7 nitrogen and oxygen atoms in total. The molecule has 170 valence electrons. The zero-order chi connectivity index (χ0) is 22.8. The number of halogens is 1. The molecule has 32 heavy (non-hydrogen) atoms. The number of anilines is 1. The maximum absolute atomic E-state index is 13.3. The van der Waals surface area contributed by atoms with Crippen molar-refractivity contribution >= 4 is 57.4 Å². The first kappa shape index (κ1) is 23.0. The minimum absolute atomic E-state index is 0.0743. The van der Waals surface area contributed by atoms with Crippen LogP contribution in [0, 0.1) is 0 Å². The molecule has 1 aliphatic rings. The largest absolute Gasteiger partial charge is 0.383 e. The standard InChI is InChI=1S/C23H26ClN3O4S/c1-30-11-9-26(14-12-15(13-14)31-2)19-7-5-17-21(29)16-4-6-18(24)22(32-3)20(16)27(8-10-28)23(17)25-19/h4-7,10,14-15H,8-9,11-13H2,1-3H3. The van der Waals surface area contributed by atoms with Gasteiger partial charge in [-0.25, -0.2) is 4.98 Å². The van der Waals surface area contributed by atoms with Gasteiger partial charge >= 0.3 is 0 Å². The lowest BCUT2D eigenvalue weighted by Gasteiger charge is -2.42. The molecule has 0 unspecified atom stereocenters. The van der Waals surface area contributed by atoms with Crippen LogP contribution in [-0.4, -0.2) is 61.6 Å². The Morgan fingerprint density at radius 3 is 2.66 bits per heavy atom. The third-order valence-electron chi connectivity index (χ3n) is 6.09. The summed E-state index contributed by atoms with van der Waals surface area (Å²) in [6.45, 7) is 1.30. The van der Waals surface area contributed by atoms with Gasteiger partial charge in [-0.1, -0.05) is 11.6 Å². The number of pyridine rings is 2. The fourth-order valence-electron chi connectivity index (χ4n) is 4.34. The fourth-order valence-corrected chi connectivity index (χ4v) is 5.40. The second-order valence-electron chi connectivity index (χ2n) is 7.79. The molecule has 4 rings (SSSR count). The van der Waals surface area contributed by atoms with Crippen LogP contribution in [0.5, 0.6) is 0 Å². The number of ether oxygens (including phenoxy) is 2. The Balaban J connectivity index is 1.93. The predicted octanol–water partition coefficient (Wildman–Crippen LogP) is 3.75. The highest BCUT2D eigenvalue weighted by atomic mass is 35.5. The van der Waals surface area contributed by atoms with Crippen LogP contribution in [0.4, 0.5) is 5.82 Å². The third-order valence-corrected chi connectivity index (χ3v) is 7.34. The summed E-state index contributed by atoms with van der Waals surface area (Å²) in [5.74, 6) is 0.750. The molecule has 0 N–H and O–H groups in total. The molecule has 1 aliphatic carbocycles. The van der Waals surface area contributed by atoms with E-state index in [4.69, 9.17) is 26.1 Å². The van der Waals surface area contributed by atoms with E-state index < -0.39 is 0 Å². The van der Waals surface area contributed by atoms with Gasteiger partial charge in [0.2, 0.25) is 0 Å². The van der Waals surface area contributed by atoms with Crippen molar-refractivity contribution in [2.75, 3.05) is 38.5 Å². The van der Waals surface area contributed by atoms with Crippen molar-refractivity contribution in [3.8, 4) is 0 Å². The van der Waals surface area contributed by atoms with Crippen LogP contribution in [-0.2, 0) is 20.8 Å². The number of hydrogen-bond acceptors (Lipinski definition) is 7. The predicted molar refractivity (Wildman–Crippen MR) is 129 cm³/mol. The van der Waals surface area contributed by atoms with Crippen LogP contribution in [0.2, 0.25) is 5.02 Å². The highest BCUT2D eigenvalue weighted by Gasteiger charge is 2.34. The number of carbonyl (C=O) groups excluding carboxylic acids is 1. The number of aldehydes is 1. The molecule has 9 heteroatoms. The lowest BCUT2D eigenvalue weighted by Crippen LogP contribution is -2.49. The molecule has 0 amide bonds. The summed E-state index contributed by atoms with van der Waals surface area (Å²) in [5.41, 5.74) is 1.01. The molecule has 0 atom stereocenters. The molecule has 1 fully saturated rings. The van der Waals surface area contributed by atoms with Gasteiger partial charge in [0, 0.05) is 32.2 Å². The fraction of sp³-hybridized carbons (Fsp3) is 0.435. The molecule has 0 saturated heterocycles. The van der Waals surface area contributed by atoms with Gasteiger partial charge in [-0.15, -0.1) is 11.8 Å². The Bertz CT molecular complexity index is 1210. The van der Waals surface area contributed by atoms with Gasteiger partial charge in [-0.2, -0.15) is 0 Å². The zero-order valence-electron chi connectivity index (χ0n) is 18.3. The van der Waals surface area contributed by atoms with Gasteiger partial charge in [0.05, 0.1) is 40.1 Å². The number of carbonyl (C=O) groups is 1. The van der Waals surface area contributed by atoms with E-state index in [2.05, 4.69) is 4.90 Å². The summed E-state index contributed by atoms with van der Waals surface area (Å²) in [4.78, 5) is 32.8. The van der Waals surface area contributed by atoms with Gasteiger partial charge in [-0.3, -0.25) is 4.79 Å². The SMILES string of the molecule is COCCN(c1ccc2c(=O)c3ccc(Cl)c(SC)c3n(CC=O)c2n1)C1CC(OC)C1. The molecule has 0 radical (unpaired) electrons. The van der Waals surface area contributed by atoms with Crippen LogP contribution in [0.1, 0.15) is 12.8 Å². The topological polar surface area (TPSA) is 73.7 Å². The maximum Gasteiger partial charge on any atom is 0.198 e. The van der Waals surface area contributed by atoms with Crippen LogP contribution in [0.25, 0.3) is 21.9 Å². The molecule has 0 aliphatic heterocycles. The number of hydrogen-bond donors (Lipinski definition) is 0. The Hall–Kier alpha value is -2.13. The van der Waals surface area contributed by atoms with Crippen molar-refractivity contribution in [1.82, 2.24) is 9.55 Å². The Labute approximate surface area is 195 Å². The van der Waals surface area contributed by atoms with Crippen molar-refractivity contribution < 1.29 is 14.3 Å². The van der Waals surface area contributed by atoms with E-state index in [9.17, 15) is 9.59 Å². The molecule has 2 heterocycles. The molecule has 1 aromatic carbocycles. The number of rotatable bonds is 9. The molecule has 2 aromatic heterocycles. The smallest absolute Gasteiger partial charge is 0.198 e. The number of methoxy groups -OCH3 is 2. The molecular weight excluding hydrogens is 450 g/mol. The number of benzene rings is 1. The molecule has 1 saturated carbocycles. The van der Waals surface area contributed by atoms with E-state index in [1.807, 2.05) is 12.3 Å². The molecular formula is C23H26ClN3O4S. The Morgan fingerprint density at radius 1 is 1.25 bits per heavy atom. The van der Waals surface area contributed by atoms with Crippen molar-refractivity contribution in [2.45, 2.75) is 36.4 Å². The van der Waals surface area contributed by atoms with Crippen LogP contribution < -0.4 is 10.3 Å². The number of aromatic nitrogens is 2. The van der Waals surface area contributed by atoms with Crippen molar-refractivity contribution in [3.63, 3.8) is 0 Å².